The summed E-state index contributed by atoms with van der Waals surface area (Å²) in [5.41, 5.74) is 5.75. The van der Waals surface area contributed by atoms with Crippen LogP contribution in [0.25, 0.3) is 5.69 Å². The van der Waals surface area contributed by atoms with Crippen molar-refractivity contribution in [2.24, 2.45) is 0 Å². The highest BCUT2D eigenvalue weighted by Gasteiger charge is 2.18. The van der Waals surface area contributed by atoms with Gasteiger partial charge in [-0.05, 0) is 62.5 Å². The van der Waals surface area contributed by atoms with E-state index in [0.29, 0.717) is 22.9 Å². The fourth-order valence-electron chi connectivity index (χ4n) is 2.69. The zero-order chi connectivity index (χ0) is 21.5. The minimum atomic E-state index is -0.828. The maximum atomic E-state index is 12.6. The first-order chi connectivity index (χ1) is 14.5. The zero-order valence-corrected chi connectivity index (χ0v) is 17.4. The molecular formula is C21H22N4O4S. The van der Waals surface area contributed by atoms with Crippen molar-refractivity contribution in [2.45, 2.75) is 20.0 Å². The number of aromatic nitrogens is 2. The monoisotopic (exact) mass is 426 g/mol. The van der Waals surface area contributed by atoms with Crippen LogP contribution in [-0.4, -0.2) is 34.1 Å². The second-order valence-electron chi connectivity index (χ2n) is 6.26. The van der Waals surface area contributed by atoms with E-state index in [1.807, 2.05) is 37.3 Å². The van der Waals surface area contributed by atoms with E-state index < -0.39 is 17.9 Å². The Bertz CT molecular complexity index is 1060. The molecule has 1 unspecified atom stereocenters. The Morgan fingerprint density at radius 2 is 1.73 bits per heavy atom. The van der Waals surface area contributed by atoms with Gasteiger partial charge in [0, 0.05) is 11.9 Å². The lowest BCUT2D eigenvalue weighted by atomic mass is 10.3. The standard InChI is InChI=1S/C21H22N4O4S/c1-3-28-16-9-11-17(12-10-16)29-14(2)19(26)23-24-20(27)18-13-22-21(30)25(18)15-7-5-4-6-8-15/h4-14H,3H2,1-2H3,(H,22,30)(H,23,26)(H,24,27). The van der Waals surface area contributed by atoms with Crippen LogP contribution in [-0.2, 0) is 4.79 Å². The van der Waals surface area contributed by atoms with E-state index in [2.05, 4.69) is 15.8 Å². The summed E-state index contributed by atoms with van der Waals surface area (Å²) in [6, 6.07) is 16.1. The number of nitrogens with zero attached hydrogens (tertiary/aromatic N) is 1. The molecule has 3 aromatic rings. The minimum absolute atomic E-state index is 0.256. The number of carbonyl (C=O) groups excluding carboxylic acids is 2. The second kappa shape index (κ2) is 9.75. The molecule has 2 aromatic carbocycles. The fourth-order valence-corrected chi connectivity index (χ4v) is 2.95. The molecule has 0 spiro atoms. The average Bonchev–Trinajstić information content (AvgIpc) is 3.15. The van der Waals surface area contributed by atoms with E-state index >= 15 is 0 Å². The number of carbonyl (C=O) groups is 2. The lowest BCUT2D eigenvalue weighted by molar-refractivity contribution is -0.128. The van der Waals surface area contributed by atoms with E-state index in [9.17, 15) is 9.59 Å². The highest BCUT2D eigenvalue weighted by atomic mass is 32.1. The number of benzene rings is 2. The van der Waals surface area contributed by atoms with Crippen molar-refractivity contribution in [1.29, 1.82) is 0 Å². The van der Waals surface area contributed by atoms with Crippen molar-refractivity contribution in [3.8, 4) is 17.2 Å². The largest absolute Gasteiger partial charge is 0.494 e. The van der Waals surface area contributed by atoms with Gasteiger partial charge >= 0.3 is 0 Å². The van der Waals surface area contributed by atoms with Crippen molar-refractivity contribution >= 4 is 24.0 Å². The molecule has 3 N–H and O–H groups in total. The Labute approximate surface area is 178 Å². The SMILES string of the molecule is CCOc1ccc(OC(C)C(=O)NNC(=O)c2c[nH]c(=S)n2-c2ccccc2)cc1. The van der Waals surface area contributed by atoms with E-state index in [-0.39, 0.29) is 5.69 Å². The molecule has 0 aliphatic rings. The van der Waals surface area contributed by atoms with Gasteiger partial charge in [0.2, 0.25) is 0 Å². The lowest BCUT2D eigenvalue weighted by Crippen LogP contribution is -2.47. The van der Waals surface area contributed by atoms with Gasteiger partial charge in [-0.25, -0.2) is 0 Å². The maximum Gasteiger partial charge on any atom is 0.288 e. The first-order valence-corrected chi connectivity index (χ1v) is 9.76. The van der Waals surface area contributed by atoms with Crippen LogP contribution >= 0.6 is 12.2 Å². The number of rotatable bonds is 7. The highest BCUT2D eigenvalue weighted by Crippen LogP contribution is 2.18. The third-order valence-corrected chi connectivity index (χ3v) is 4.44. The van der Waals surface area contributed by atoms with Gasteiger partial charge in [-0.2, -0.15) is 0 Å². The molecular weight excluding hydrogens is 404 g/mol. The van der Waals surface area contributed by atoms with Crippen molar-refractivity contribution in [3.05, 3.63) is 71.3 Å². The number of nitrogens with one attached hydrogen (secondary N) is 3. The molecule has 8 nitrogen and oxygen atoms in total. The molecule has 156 valence electrons. The van der Waals surface area contributed by atoms with Crippen LogP contribution in [0.4, 0.5) is 0 Å². The molecule has 0 fully saturated rings. The molecule has 2 amide bonds. The minimum Gasteiger partial charge on any atom is -0.494 e. The first-order valence-electron chi connectivity index (χ1n) is 9.35. The molecule has 30 heavy (non-hydrogen) atoms. The number of ether oxygens (including phenoxy) is 2. The molecule has 0 aliphatic heterocycles. The summed E-state index contributed by atoms with van der Waals surface area (Å²) in [5, 5.41) is 0. The molecule has 1 aromatic heterocycles. The van der Waals surface area contributed by atoms with Crippen LogP contribution in [0.2, 0.25) is 0 Å². The topological polar surface area (TPSA) is 97.4 Å². The Balaban J connectivity index is 1.59. The summed E-state index contributed by atoms with van der Waals surface area (Å²) < 4.78 is 12.9. The van der Waals surface area contributed by atoms with Gasteiger partial charge < -0.3 is 14.5 Å². The molecule has 0 saturated carbocycles. The molecule has 0 aliphatic carbocycles. The predicted octanol–water partition coefficient (Wildman–Crippen LogP) is 3.16. The summed E-state index contributed by atoms with van der Waals surface area (Å²) in [7, 11) is 0. The highest BCUT2D eigenvalue weighted by molar-refractivity contribution is 7.71. The third-order valence-electron chi connectivity index (χ3n) is 4.14. The van der Waals surface area contributed by atoms with Crippen molar-refractivity contribution in [3.63, 3.8) is 0 Å². The van der Waals surface area contributed by atoms with E-state index in [0.717, 1.165) is 5.69 Å². The van der Waals surface area contributed by atoms with Crippen LogP contribution in [0.5, 0.6) is 11.5 Å². The normalized spacial score (nSPS) is 11.4. The van der Waals surface area contributed by atoms with Gasteiger partial charge in [-0.15, -0.1) is 0 Å². The van der Waals surface area contributed by atoms with Crippen LogP contribution in [0.1, 0.15) is 24.3 Å². The van der Waals surface area contributed by atoms with Crippen LogP contribution in [0, 0.1) is 4.77 Å². The Hall–Kier alpha value is -3.59. The van der Waals surface area contributed by atoms with E-state index in [1.54, 1.807) is 35.8 Å². The third kappa shape index (κ3) is 5.06. The number of aromatic amines is 1. The van der Waals surface area contributed by atoms with Crippen LogP contribution < -0.4 is 20.3 Å². The van der Waals surface area contributed by atoms with Crippen molar-refractivity contribution in [2.75, 3.05) is 6.61 Å². The predicted molar refractivity (Wildman–Crippen MR) is 114 cm³/mol. The zero-order valence-electron chi connectivity index (χ0n) is 16.5. The molecule has 1 heterocycles. The molecule has 0 radical (unpaired) electrons. The Morgan fingerprint density at radius 1 is 1.07 bits per heavy atom. The van der Waals surface area contributed by atoms with Gasteiger partial charge in [-0.3, -0.25) is 25.0 Å². The van der Waals surface area contributed by atoms with Crippen LogP contribution in [0.3, 0.4) is 0 Å². The van der Waals surface area contributed by atoms with Crippen molar-refractivity contribution in [1.82, 2.24) is 20.4 Å². The van der Waals surface area contributed by atoms with Gasteiger partial charge in [0.05, 0.1) is 6.61 Å². The van der Waals surface area contributed by atoms with E-state index in [1.165, 1.54) is 6.20 Å². The van der Waals surface area contributed by atoms with Gasteiger partial charge in [0.1, 0.15) is 17.2 Å². The number of para-hydroxylation sites is 1. The smallest absolute Gasteiger partial charge is 0.288 e. The molecule has 1 atom stereocenters. The summed E-state index contributed by atoms with van der Waals surface area (Å²) in [6.45, 7) is 4.05. The van der Waals surface area contributed by atoms with E-state index in [4.69, 9.17) is 21.7 Å². The quantitative estimate of drug-likeness (QED) is 0.398. The molecule has 9 heteroatoms. The number of hydrogen-bond donors (Lipinski definition) is 3. The summed E-state index contributed by atoms with van der Waals surface area (Å²) in [6.07, 6.45) is 0.654. The lowest BCUT2D eigenvalue weighted by Gasteiger charge is -2.16. The maximum absolute atomic E-state index is 12.6. The van der Waals surface area contributed by atoms with Gasteiger partial charge in [-0.1, -0.05) is 18.2 Å². The Kier molecular flexibility index (Phi) is 6.87. The number of H-pyrrole nitrogens is 1. The summed E-state index contributed by atoms with van der Waals surface area (Å²) in [5.74, 6) is 0.203. The number of amides is 2. The summed E-state index contributed by atoms with van der Waals surface area (Å²) >= 11 is 5.26. The Morgan fingerprint density at radius 3 is 2.40 bits per heavy atom. The second-order valence-corrected chi connectivity index (χ2v) is 6.64. The average molecular weight is 426 g/mol. The first kappa shape index (κ1) is 21.1. The van der Waals surface area contributed by atoms with Gasteiger partial charge in [0.15, 0.2) is 10.9 Å². The van der Waals surface area contributed by atoms with Crippen molar-refractivity contribution < 1.29 is 19.1 Å². The number of imidazole rings is 1. The number of hydrazine groups is 1. The molecule has 0 saturated heterocycles. The fraction of sp³-hybridized carbons (Fsp3) is 0.190. The van der Waals surface area contributed by atoms with Gasteiger partial charge in [0.25, 0.3) is 11.8 Å². The number of hydrogen-bond acceptors (Lipinski definition) is 5. The molecule has 3 rings (SSSR count). The summed E-state index contributed by atoms with van der Waals surface area (Å²) in [4.78, 5) is 27.7. The van der Waals surface area contributed by atoms with Crippen LogP contribution in [0.15, 0.2) is 60.8 Å². The molecule has 0 bridgehead atoms.